The van der Waals surface area contributed by atoms with Crippen LogP contribution in [0.5, 0.6) is 5.75 Å². The molecule has 9 heteroatoms. The van der Waals surface area contributed by atoms with E-state index in [1.54, 1.807) is 44.2 Å². The number of ether oxygens (including phenoxy) is 1. The first-order valence-corrected chi connectivity index (χ1v) is 9.85. The second-order valence-electron chi connectivity index (χ2n) is 7.10. The third kappa shape index (κ3) is 6.45. The van der Waals surface area contributed by atoms with Crippen LogP contribution in [-0.2, 0) is 11.3 Å². The first-order chi connectivity index (χ1) is 14.2. The first kappa shape index (κ1) is 23.2. The van der Waals surface area contributed by atoms with Crippen molar-refractivity contribution in [3.63, 3.8) is 0 Å². The lowest BCUT2D eigenvalue weighted by atomic mass is 10.2. The number of pyridine rings is 1. The van der Waals surface area contributed by atoms with Gasteiger partial charge < -0.3 is 10.5 Å². The molecule has 1 aromatic carbocycles. The molecular weight excluding hydrogens is 406 g/mol. The van der Waals surface area contributed by atoms with Crippen molar-refractivity contribution in [1.82, 2.24) is 14.8 Å². The fourth-order valence-corrected chi connectivity index (χ4v) is 2.66. The molecule has 2 aromatic rings. The Hall–Kier alpha value is -3.13. The van der Waals surface area contributed by atoms with Gasteiger partial charge >= 0.3 is 6.03 Å². The molecule has 3 amide bonds. The molecule has 0 unspecified atom stereocenters. The van der Waals surface area contributed by atoms with Gasteiger partial charge in [0.1, 0.15) is 10.9 Å². The summed E-state index contributed by atoms with van der Waals surface area (Å²) in [6.45, 7) is 7.37. The number of aromatic nitrogens is 1. The standard InChI is InChI=1S/C21H26ClN5O3/c1-14(2)27(13-28)21(29)26(12-16-8-9-19(22)24-11-16)20(23)25-17-6-5-7-18(10-17)30-15(3)4/h5-11,13-15H,12H2,1-4H3,(H2,23,25). The van der Waals surface area contributed by atoms with Crippen LogP contribution in [0.4, 0.5) is 10.5 Å². The number of nitrogens with two attached hydrogens (primary N) is 1. The largest absolute Gasteiger partial charge is 0.491 e. The molecule has 0 atom stereocenters. The van der Waals surface area contributed by atoms with Crippen LogP contribution in [0.15, 0.2) is 47.6 Å². The lowest BCUT2D eigenvalue weighted by Crippen LogP contribution is -2.50. The summed E-state index contributed by atoms with van der Waals surface area (Å²) in [5.74, 6) is 0.569. The number of hydrogen-bond acceptors (Lipinski definition) is 5. The molecule has 0 spiro atoms. The Morgan fingerprint density at radius 1 is 1.27 bits per heavy atom. The molecule has 1 heterocycles. The van der Waals surface area contributed by atoms with Gasteiger partial charge in [0, 0.05) is 18.3 Å². The molecule has 2 rings (SSSR count). The number of hydrogen-bond donors (Lipinski definition) is 1. The quantitative estimate of drug-likeness (QED) is 0.309. The van der Waals surface area contributed by atoms with Gasteiger partial charge in [-0.25, -0.2) is 14.8 Å². The summed E-state index contributed by atoms with van der Waals surface area (Å²) in [5.41, 5.74) is 7.39. The third-order valence-electron chi connectivity index (χ3n) is 3.96. The zero-order chi connectivity index (χ0) is 22.3. The van der Waals surface area contributed by atoms with Crippen LogP contribution >= 0.6 is 11.6 Å². The number of amides is 3. The van der Waals surface area contributed by atoms with Crippen LogP contribution in [0.2, 0.25) is 5.15 Å². The molecule has 0 saturated carbocycles. The molecule has 0 fully saturated rings. The van der Waals surface area contributed by atoms with Gasteiger partial charge in [-0.3, -0.25) is 14.6 Å². The Labute approximate surface area is 181 Å². The Kier molecular flexibility index (Phi) is 8.17. The van der Waals surface area contributed by atoms with Crippen LogP contribution < -0.4 is 10.5 Å². The smallest absolute Gasteiger partial charge is 0.333 e. The summed E-state index contributed by atoms with van der Waals surface area (Å²) in [4.78, 5) is 35.1. The molecule has 0 radical (unpaired) electrons. The summed E-state index contributed by atoms with van der Waals surface area (Å²) in [6, 6.07) is 9.45. The minimum atomic E-state index is -0.592. The number of halogens is 1. The van der Waals surface area contributed by atoms with Crippen molar-refractivity contribution in [2.24, 2.45) is 10.7 Å². The van der Waals surface area contributed by atoms with Crippen LogP contribution in [0.1, 0.15) is 33.3 Å². The molecule has 0 saturated heterocycles. The van der Waals surface area contributed by atoms with Crippen LogP contribution in [-0.4, -0.2) is 45.3 Å². The molecule has 0 bridgehead atoms. The summed E-state index contributed by atoms with van der Waals surface area (Å²) >= 11 is 5.84. The monoisotopic (exact) mass is 431 g/mol. The summed E-state index contributed by atoms with van der Waals surface area (Å²) < 4.78 is 5.67. The van der Waals surface area contributed by atoms with Crippen LogP contribution in [0.3, 0.4) is 0 Å². The van der Waals surface area contributed by atoms with Crippen molar-refractivity contribution >= 4 is 35.7 Å². The molecule has 0 aliphatic heterocycles. The van der Waals surface area contributed by atoms with E-state index in [1.807, 2.05) is 19.9 Å². The van der Waals surface area contributed by atoms with Gasteiger partial charge in [0.15, 0.2) is 0 Å². The molecule has 30 heavy (non-hydrogen) atoms. The zero-order valence-electron chi connectivity index (χ0n) is 17.4. The minimum absolute atomic E-state index is 0.00393. The van der Waals surface area contributed by atoms with E-state index in [4.69, 9.17) is 22.1 Å². The molecule has 8 nitrogen and oxygen atoms in total. The number of benzene rings is 1. The van der Waals surface area contributed by atoms with E-state index in [0.717, 1.165) is 4.90 Å². The normalized spacial score (nSPS) is 11.5. The van der Waals surface area contributed by atoms with Crippen molar-refractivity contribution in [3.05, 3.63) is 53.3 Å². The maximum atomic E-state index is 13.0. The van der Waals surface area contributed by atoms with Crippen LogP contribution in [0.25, 0.3) is 0 Å². The van der Waals surface area contributed by atoms with Gasteiger partial charge in [-0.1, -0.05) is 23.7 Å². The average Bonchev–Trinajstić information content (AvgIpc) is 2.67. The van der Waals surface area contributed by atoms with Crippen molar-refractivity contribution in [2.75, 3.05) is 0 Å². The number of nitrogens with zero attached hydrogens (tertiary/aromatic N) is 4. The highest BCUT2D eigenvalue weighted by molar-refractivity contribution is 6.29. The Bertz CT molecular complexity index is 900. The van der Waals surface area contributed by atoms with Gasteiger partial charge in [0.05, 0.1) is 18.3 Å². The average molecular weight is 432 g/mol. The number of rotatable bonds is 7. The summed E-state index contributed by atoms with van der Waals surface area (Å²) in [7, 11) is 0. The molecule has 1 aromatic heterocycles. The van der Waals surface area contributed by atoms with Crippen molar-refractivity contribution < 1.29 is 14.3 Å². The second-order valence-corrected chi connectivity index (χ2v) is 7.49. The van der Waals surface area contributed by atoms with E-state index in [-0.39, 0.29) is 24.7 Å². The second kappa shape index (κ2) is 10.6. The SMILES string of the molecule is CC(C)Oc1cccc(N=C(N)N(Cc2ccc(Cl)nc2)C(=O)N(C=O)C(C)C)c1. The Balaban J connectivity index is 2.38. The number of imide groups is 1. The van der Waals surface area contributed by atoms with E-state index in [0.29, 0.717) is 28.6 Å². The van der Waals surface area contributed by atoms with Gasteiger partial charge in [0.2, 0.25) is 12.4 Å². The first-order valence-electron chi connectivity index (χ1n) is 9.47. The Morgan fingerprint density at radius 2 is 2.00 bits per heavy atom. The summed E-state index contributed by atoms with van der Waals surface area (Å²) in [5, 5.41) is 0.330. The summed E-state index contributed by atoms with van der Waals surface area (Å²) in [6.07, 6.45) is 2.02. The molecule has 0 aliphatic rings. The molecule has 0 aliphatic carbocycles. The van der Waals surface area contributed by atoms with E-state index in [2.05, 4.69) is 9.98 Å². The Morgan fingerprint density at radius 3 is 2.57 bits per heavy atom. The predicted molar refractivity (Wildman–Crippen MR) is 117 cm³/mol. The van der Waals surface area contributed by atoms with Gasteiger partial charge in [-0.2, -0.15) is 0 Å². The maximum Gasteiger partial charge on any atom is 0.333 e. The molecule has 2 N–H and O–H groups in total. The lowest BCUT2D eigenvalue weighted by Gasteiger charge is -2.28. The lowest BCUT2D eigenvalue weighted by molar-refractivity contribution is -0.117. The van der Waals surface area contributed by atoms with E-state index >= 15 is 0 Å². The highest BCUT2D eigenvalue weighted by Gasteiger charge is 2.26. The zero-order valence-corrected chi connectivity index (χ0v) is 18.2. The van der Waals surface area contributed by atoms with Crippen molar-refractivity contribution in [2.45, 2.75) is 46.4 Å². The third-order valence-corrected chi connectivity index (χ3v) is 4.18. The number of aliphatic imine (C=N–C) groups is 1. The van der Waals surface area contributed by atoms with E-state index in [9.17, 15) is 9.59 Å². The highest BCUT2D eigenvalue weighted by Crippen LogP contribution is 2.22. The number of carbonyl (C=O) groups excluding carboxylic acids is 2. The van der Waals surface area contributed by atoms with Crippen molar-refractivity contribution in [3.8, 4) is 5.75 Å². The van der Waals surface area contributed by atoms with E-state index in [1.165, 1.54) is 11.1 Å². The van der Waals surface area contributed by atoms with Crippen molar-refractivity contribution in [1.29, 1.82) is 0 Å². The topological polar surface area (TPSA) is 101 Å². The number of urea groups is 1. The predicted octanol–water partition coefficient (Wildman–Crippen LogP) is 3.96. The number of carbonyl (C=O) groups is 2. The number of guanidine groups is 1. The van der Waals surface area contributed by atoms with Crippen LogP contribution in [0, 0.1) is 0 Å². The maximum absolute atomic E-state index is 13.0. The minimum Gasteiger partial charge on any atom is -0.491 e. The van der Waals surface area contributed by atoms with Gasteiger partial charge in [0.25, 0.3) is 0 Å². The van der Waals surface area contributed by atoms with E-state index < -0.39 is 6.03 Å². The van der Waals surface area contributed by atoms with Gasteiger partial charge in [-0.05, 0) is 51.5 Å². The fourth-order valence-electron chi connectivity index (χ4n) is 2.55. The highest BCUT2D eigenvalue weighted by atomic mass is 35.5. The molecule has 160 valence electrons. The fraction of sp³-hybridized carbons (Fsp3) is 0.333. The van der Waals surface area contributed by atoms with Gasteiger partial charge in [-0.15, -0.1) is 0 Å². The molecular formula is C21H26ClN5O3.